The molecule has 3 aromatic carbocycles. The summed E-state index contributed by atoms with van der Waals surface area (Å²) in [5, 5.41) is 2.84. The monoisotopic (exact) mass is 476 g/mol. The van der Waals surface area contributed by atoms with Gasteiger partial charge in [-0.05, 0) is 60.9 Å². The summed E-state index contributed by atoms with van der Waals surface area (Å²) in [6, 6.07) is 16.6. The first-order valence-electron chi connectivity index (χ1n) is 11.4. The SMILES string of the molecule is COc1ccc(C2C(C(=O)Nc3ccc(C)c(F)c3)CCC(=O)N2c2ccc3c(c2)OCO3)cc1. The van der Waals surface area contributed by atoms with Gasteiger partial charge in [0.05, 0.1) is 19.1 Å². The average molecular weight is 477 g/mol. The van der Waals surface area contributed by atoms with Crippen LogP contribution in [0, 0.1) is 18.7 Å². The van der Waals surface area contributed by atoms with Crippen LogP contribution in [-0.4, -0.2) is 25.7 Å². The van der Waals surface area contributed by atoms with Crippen molar-refractivity contribution >= 4 is 23.2 Å². The highest BCUT2D eigenvalue weighted by Crippen LogP contribution is 2.44. The minimum atomic E-state index is -0.585. The minimum absolute atomic E-state index is 0.102. The van der Waals surface area contributed by atoms with Gasteiger partial charge in [-0.1, -0.05) is 18.2 Å². The molecular weight excluding hydrogens is 451 g/mol. The molecule has 0 radical (unpaired) electrons. The summed E-state index contributed by atoms with van der Waals surface area (Å²) in [5.74, 6) is 0.468. The normalized spacial score (nSPS) is 18.9. The van der Waals surface area contributed by atoms with Crippen LogP contribution < -0.4 is 24.4 Å². The van der Waals surface area contributed by atoms with Crippen LogP contribution in [-0.2, 0) is 9.59 Å². The molecule has 8 heteroatoms. The minimum Gasteiger partial charge on any atom is -0.497 e. The van der Waals surface area contributed by atoms with Crippen molar-refractivity contribution in [2.24, 2.45) is 5.92 Å². The van der Waals surface area contributed by atoms with Gasteiger partial charge in [0, 0.05) is 23.9 Å². The largest absolute Gasteiger partial charge is 0.497 e. The van der Waals surface area contributed by atoms with Crippen molar-refractivity contribution < 1.29 is 28.2 Å². The Kier molecular flexibility index (Phi) is 6.03. The van der Waals surface area contributed by atoms with Crippen LogP contribution in [0.15, 0.2) is 60.7 Å². The molecular formula is C27H25FN2O5. The Balaban J connectivity index is 1.53. The molecule has 2 atom stereocenters. The molecule has 2 heterocycles. The van der Waals surface area contributed by atoms with Gasteiger partial charge in [-0.15, -0.1) is 0 Å². The number of ether oxygens (including phenoxy) is 3. The molecule has 2 amide bonds. The first kappa shape index (κ1) is 22.7. The van der Waals surface area contributed by atoms with Gasteiger partial charge in [0.15, 0.2) is 11.5 Å². The molecule has 7 nitrogen and oxygen atoms in total. The van der Waals surface area contributed by atoms with Crippen LogP contribution in [0.25, 0.3) is 0 Å². The van der Waals surface area contributed by atoms with E-state index in [0.717, 1.165) is 5.56 Å². The fourth-order valence-electron chi connectivity index (χ4n) is 4.59. The molecule has 0 spiro atoms. The van der Waals surface area contributed by atoms with Gasteiger partial charge in [0.25, 0.3) is 0 Å². The number of fused-ring (bicyclic) bond motifs is 1. The number of methoxy groups -OCH3 is 1. The third-order valence-corrected chi connectivity index (χ3v) is 6.46. The molecule has 3 aromatic rings. The van der Waals surface area contributed by atoms with Crippen LogP contribution in [0.2, 0.25) is 0 Å². The number of anilines is 2. The average Bonchev–Trinajstić information content (AvgIpc) is 3.34. The van der Waals surface area contributed by atoms with Crippen LogP contribution >= 0.6 is 0 Å². The second kappa shape index (κ2) is 9.29. The summed E-state index contributed by atoms with van der Waals surface area (Å²) in [7, 11) is 1.58. The number of nitrogens with one attached hydrogen (secondary N) is 1. The number of hydrogen-bond donors (Lipinski definition) is 1. The van der Waals surface area contributed by atoms with Gasteiger partial charge in [0.2, 0.25) is 18.6 Å². The number of nitrogens with zero attached hydrogens (tertiary/aromatic N) is 1. The smallest absolute Gasteiger partial charge is 0.231 e. The third-order valence-electron chi connectivity index (χ3n) is 6.46. The lowest BCUT2D eigenvalue weighted by molar-refractivity contribution is -0.125. The molecule has 1 N–H and O–H groups in total. The summed E-state index contributed by atoms with van der Waals surface area (Å²) in [4.78, 5) is 28.4. The van der Waals surface area contributed by atoms with Gasteiger partial charge in [-0.25, -0.2) is 4.39 Å². The van der Waals surface area contributed by atoms with E-state index in [9.17, 15) is 14.0 Å². The number of benzene rings is 3. The van der Waals surface area contributed by atoms with E-state index in [2.05, 4.69) is 5.32 Å². The fraction of sp³-hybridized carbons (Fsp3) is 0.259. The summed E-state index contributed by atoms with van der Waals surface area (Å²) in [6.07, 6.45) is 0.554. The highest BCUT2D eigenvalue weighted by molar-refractivity contribution is 6.00. The van der Waals surface area contributed by atoms with E-state index < -0.39 is 17.8 Å². The maximum absolute atomic E-state index is 14.1. The Hall–Kier alpha value is -4.07. The standard InChI is InChI=1S/C27H25FN2O5/c1-16-3-6-18(13-22(16)28)29-27(32)21-10-12-25(31)30(19-7-11-23-24(14-19)35-15-34-23)26(21)17-4-8-20(33-2)9-5-17/h3-9,11,13-14,21,26H,10,12,15H2,1-2H3,(H,29,32). The summed E-state index contributed by atoms with van der Waals surface area (Å²) < 4.78 is 30.3. The van der Waals surface area contributed by atoms with Gasteiger partial charge in [-0.3, -0.25) is 9.59 Å². The number of halogens is 1. The molecule has 0 aliphatic carbocycles. The lowest BCUT2D eigenvalue weighted by Crippen LogP contribution is -2.47. The van der Waals surface area contributed by atoms with Crippen molar-refractivity contribution in [2.75, 3.05) is 24.1 Å². The highest BCUT2D eigenvalue weighted by atomic mass is 19.1. The Morgan fingerprint density at radius 3 is 2.57 bits per heavy atom. The Bertz CT molecular complexity index is 1280. The van der Waals surface area contributed by atoms with Gasteiger partial charge in [0.1, 0.15) is 11.6 Å². The molecule has 5 rings (SSSR count). The van der Waals surface area contributed by atoms with E-state index in [1.807, 2.05) is 12.1 Å². The van der Waals surface area contributed by atoms with E-state index >= 15 is 0 Å². The number of piperidine rings is 1. The second-order valence-electron chi connectivity index (χ2n) is 8.62. The molecule has 1 fully saturated rings. The topological polar surface area (TPSA) is 77.1 Å². The zero-order chi connectivity index (χ0) is 24.5. The summed E-state index contributed by atoms with van der Waals surface area (Å²) in [5.41, 5.74) is 2.26. The molecule has 1 saturated heterocycles. The number of carbonyl (C=O) groups excluding carboxylic acids is 2. The van der Waals surface area contributed by atoms with Gasteiger partial charge >= 0.3 is 0 Å². The number of rotatable bonds is 5. The zero-order valence-electron chi connectivity index (χ0n) is 19.4. The van der Waals surface area contributed by atoms with E-state index in [0.29, 0.717) is 40.6 Å². The predicted octanol–water partition coefficient (Wildman–Crippen LogP) is 4.99. The Morgan fingerprint density at radius 1 is 1.06 bits per heavy atom. The molecule has 0 bridgehead atoms. The van der Waals surface area contributed by atoms with Crippen LogP contribution in [0.1, 0.15) is 30.0 Å². The molecule has 2 aliphatic heterocycles. The van der Waals surface area contributed by atoms with Crippen molar-refractivity contribution in [2.45, 2.75) is 25.8 Å². The van der Waals surface area contributed by atoms with Crippen molar-refractivity contribution in [3.05, 3.63) is 77.6 Å². The fourth-order valence-corrected chi connectivity index (χ4v) is 4.59. The molecule has 0 saturated carbocycles. The molecule has 2 aliphatic rings. The van der Waals surface area contributed by atoms with Crippen LogP contribution in [0.5, 0.6) is 17.2 Å². The van der Waals surface area contributed by atoms with Crippen LogP contribution in [0.3, 0.4) is 0 Å². The first-order chi connectivity index (χ1) is 16.9. The quantitative estimate of drug-likeness (QED) is 0.561. The molecule has 35 heavy (non-hydrogen) atoms. The molecule has 0 aromatic heterocycles. The van der Waals surface area contributed by atoms with Crippen molar-refractivity contribution in [3.8, 4) is 17.2 Å². The number of hydrogen-bond acceptors (Lipinski definition) is 5. The third kappa shape index (κ3) is 4.39. The molecule has 180 valence electrons. The number of aryl methyl sites for hydroxylation is 1. The Labute approximate surface area is 202 Å². The lowest BCUT2D eigenvalue weighted by atomic mass is 9.83. The van der Waals surface area contributed by atoms with Gasteiger partial charge in [-0.2, -0.15) is 0 Å². The van der Waals surface area contributed by atoms with Gasteiger partial charge < -0.3 is 24.4 Å². The summed E-state index contributed by atoms with van der Waals surface area (Å²) in [6.45, 7) is 1.78. The first-order valence-corrected chi connectivity index (χ1v) is 11.4. The second-order valence-corrected chi connectivity index (χ2v) is 8.62. The van der Waals surface area contributed by atoms with E-state index in [-0.39, 0.29) is 25.0 Å². The van der Waals surface area contributed by atoms with Crippen molar-refractivity contribution in [3.63, 3.8) is 0 Å². The number of carbonyl (C=O) groups is 2. The van der Waals surface area contributed by atoms with E-state index in [4.69, 9.17) is 14.2 Å². The zero-order valence-corrected chi connectivity index (χ0v) is 19.4. The Morgan fingerprint density at radius 2 is 1.83 bits per heavy atom. The maximum Gasteiger partial charge on any atom is 0.231 e. The summed E-state index contributed by atoms with van der Waals surface area (Å²) >= 11 is 0. The number of amides is 2. The predicted molar refractivity (Wildman–Crippen MR) is 128 cm³/mol. The van der Waals surface area contributed by atoms with Crippen molar-refractivity contribution in [1.82, 2.24) is 0 Å². The lowest BCUT2D eigenvalue weighted by Gasteiger charge is -2.41. The van der Waals surface area contributed by atoms with Crippen molar-refractivity contribution in [1.29, 1.82) is 0 Å². The van der Waals surface area contributed by atoms with E-state index in [1.165, 1.54) is 6.07 Å². The van der Waals surface area contributed by atoms with Crippen LogP contribution in [0.4, 0.5) is 15.8 Å². The maximum atomic E-state index is 14.1. The van der Waals surface area contributed by atoms with E-state index in [1.54, 1.807) is 61.4 Å². The highest BCUT2D eigenvalue weighted by Gasteiger charge is 2.42. The molecule has 2 unspecified atom stereocenters.